The Labute approximate surface area is 191 Å². The van der Waals surface area contributed by atoms with Gasteiger partial charge in [-0.15, -0.1) is 11.8 Å². The highest BCUT2D eigenvalue weighted by atomic mass is 32.2. The van der Waals surface area contributed by atoms with Crippen molar-refractivity contribution in [1.82, 2.24) is 20.0 Å². The van der Waals surface area contributed by atoms with Crippen LogP contribution in [0.4, 0.5) is 0 Å². The first-order valence-corrected chi connectivity index (χ1v) is 12.0. The number of thioether (sulfide) groups is 1. The van der Waals surface area contributed by atoms with E-state index in [0.717, 1.165) is 13.0 Å². The first kappa shape index (κ1) is 23.1. The molecule has 0 aromatic carbocycles. The molecule has 0 aromatic heterocycles. The Bertz CT molecular complexity index is 848. The van der Waals surface area contributed by atoms with Gasteiger partial charge in [0.1, 0.15) is 5.70 Å². The number of hydrogen-bond acceptors (Lipinski definition) is 7. The Morgan fingerprint density at radius 3 is 2.69 bits per heavy atom. The van der Waals surface area contributed by atoms with Crippen LogP contribution in [0.25, 0.3) is 0 Å². The zero-order chi connectivity index (χ0) is 23.2. The van der Waals surface area contributed by atoms with E-state index in [0.29, 0.717) is 37.5 Å². The van der Waals surface area contributed by atoms with Gasteiger partial charge in [0.25, 0.3) is 0 Å². The van der Waals surface area contributed by atoms with E-state index in [1.165, 1.54) is 23.0 Å². The van der Waals surface area contributed by atoms with Gasteiger partial charge in [0.05, 0.1) is 30.4 Å². The fourth-order valence-electron chi connectivity index (χ4n) is 5.35. The predicted octanol–water partition coefficient (Wildman–Crippen LogP) is -0.255. The van der Waals surface area contributed by atoms with Crippen molar-refractivity contribution in [3.05, 3.63) is 10.6 Å². The molecule has 0 aromatic rings. The first-order valence-electron chi connectivity index (χ1n) is 11.2. The van der Waals surface area contributed by atoms with Gasteiger partial charge in [-0.3, -0.25) is 15.0 Å². The molecule has 32 heavy (non-hydrogen) atoms. The summed E-state index contributed by atoms with van der Waals surface area (Å²) in [6.45, 7) is 6.76. The zero-order valence-electron chi connectivity index (χ0n) is 18.4. The third kappa shape index (κ3) is 3.90. The Hall–Kier alpha value is -2.11. The molecule has 2 amide bonds. The van der Waals surface area contributed by atoms with Crippen molar-refractivity contribution < 1.29 is 24.6 Å². The lowest BCUT2D eigenvalue weighted by Gasteiger charge is -2.46. The number of fused-ring (bicyclic) bond motifs is 1. The van der Waals surface area contributed by atoms with Gasteiger partial charge in [-0.05, 0) is 19.8 Å². The molecule has 4 aliphatic heterocycles. The second-order valence-electron chi connectivity index (χ2n) is 9.05. The van der Waals surface area contributed by atoms with Crippen LogP contribution in [0.2, 0.25) is 0 Å². The van der Waals surface area contributed by atoms with Crippen LogP contribution in [-0.2, 0) is 14.4 Å². The largest absolute Gasteiger partial charge is 0.477 e. The van der Waals surface area contributed by atoms with Crippen LogP contribution in [0.15, 0.2) is 10.6 Å². The first-order chi connectivity index (χ1) is 15.2. The van der Waals surface area contributed by atoms with Crippen LogP contribution >= 0.6 is 11.8 Å². The maximum Gasteiger partial charge on any atom is 0.353 e. The fourth-order valence-corrected chi connectivity index (χ4v) is 6.83. The molecular formula is C21H31N5O5S. The number of carbonyl (C=O) groups excluding carboxylic acids is 2. The van der Waals surface area contributed by atoms with Gasteiger partial charge >= 0.3 is 5.97 Å². The number of aliphatic hydroxyl groups excluding tert-OH is 1. The van der Waals surface area contributed by atoms with E-state index in [9.17, 15) is 24.6 Å². The molecule has 0 radical (unpaired) electrons. The minimum atomic E-state index is -1.13. The zero-order valence-corrected chi connectivity index (χ0v) is 19.2. The van der Waals surface area contributed by atoms with Gasteiger partial charge in [0, 0.05) is 48.8 Å². The van der Waals surface area contributed by atoms with Gasteiger partial charge in [0.2, 0.25) is 11.8 Å². The second kappa shape index (κ2) is 9.03. The van der Waals surface area contributed by atoms with Crippen LogP contribution in [0.3, 0.4) is 0 Å². The highest BCUT2D eigenvalue weighted by Gasteiger charge is 2.60. The Balaban J connectivity index is 1.42. The van der Waals surface area contributed by atoms with Crippen LogP contribution in [0.5, 0.6) is 0 Å². The molecule has 0 unspecified atom stereocenters. The summed E-state index contributed by atoms with van der Waals surface area (Å²) < 4.78 is 0. The minimum Gasteiger partial charge on any atom is -0.477 e. The molecule has 6 atom stereocenters. The van der Waals surface area contributed by atoms with Gasteiger partial charge in [-0.25, -0.2) is 4.79 Å². The SMILES string of the molecule is C[C@@H](O)[C@H]1C(=O)N2C(C(=O)O)=C(S[C@@H]3CN[C@H](C(=O)N4CCCN(C=N)CC4)C3)[C@H](C)[C@H]12. The Morgan fingerprint density at radius 2 is 2.03 bits per heavy atom. The fraction of sp³-hybridized carbons (Fsp3) is 0.714. The molecule has 4 heterocycles. The van der Waals surface area contributed by atoms with Crippen molar-refractivity contribution >= 4 is 35.9 Å². The third-order valence-electron chi connectivity index (χ3n) is 7.02. The third-order valence-corrected chi connectivity index (χ3v) is 8.53. The van der Waals surface area contributed by atoms with E-state index in [4.69, 9.17) is 5.41 Å². The summed E-state index contributed by atoms with van der Waals surface area (Å²) in [6, 6.07) is -0.634. The molecule has 4 rings (SSSR count). The Morgan fingerprint density at radius 1 is 1.28 bits per heavy atom. The van der Waals surface area contributed by atoms with Crippen molar-refractivity contribution in [2.75, 3.05) is 32.7 Å². The number of carbonyl (C=O) groups is 3. The van der Waals surface area contributed by atoms with Gasteiger partial charge in [-0.2, -0.15) is 0 Å². The van der Waals surface area contributed by atoms with E-state index in [1.54, 1.807) is 6.92 Å². The maximum absolute atomic E-state index is 13.0. The number of carboxylic acid groups (broad SMARTS) is 1. The van der Waals surface area contributed by atoms with E-state index in [1.807, 2.05) is 16.7 Å². The number of β-lactam (4-membered cyclic amide) rings is 1. The number of aliphatic hydroxyl groups is 1. The molecule has 11 heteroatoms. The van der Waals surface area contributed by atoms with E-state index in [-0.39, 0.29) is 40.8 Å². The topological polar surface area (TPSA) is 137 Å². The summed E-state index contributed by atoms with van der Waals surface area (Å²) in [6.07, 6.45) is 1.92. The number of nitrogens with one attached hydrogen (secondary N) is 2. The van der Waals surface area contributed by atoms with E-state index in [2.05, 4.69) is 5.32 Å². The molecule has 0 saturated carbocycles. The highest BCUT2D eigenvalue weighted by Crippen LogP contribution is 2.51. The lowest BCUT2D eigenvalue weighted by atomic mass is 9.79. The highest BCUT2D eigenvalue weighted by molar-refractivity contribution is 8.03. The summed E-state index contributed by atoms with van der Waals surface area (Å²) in [5.74, 6) is -2.14. The van der Waals surface area contributed by atoms with Crippen molar-refractivity contribution in [1.29, 1.82) is 5.41 Å². The number of hydrogen-bond donors (Lipinski definition) is 4. The molecule has 3 fully saturated rings. The monoisotopic (exact) mass is 465 g/mol. The normalized spacial score (nSPS) is 33.7. The second-order valence-corrected chi connectivity index (χ2v) is 10.4. The van der Waals surface area contributed by atoms with Gasteiger partial charge in [0.15, 0.2) is 0 Å². The van der Waals surface area contributed by atoms with E-state index < -0.39 is 18.0 Å². The molecule has 4 aliphatic rings. The average Bonchev–Trinajstić information content (AvgIpc) is 3.19. The number of amides is 2. The molecule has 3 saturated heterocycles. The molecule has 0 bridgehead atoms. The van der Waals surface area contributed by atoms with Crippen molar-refractivity contribution in [2.24, 2.45) is 11.8 Å². The quantitative estimate of drug-likeness (QED) is 0.239. The lowest BCUT2D eigenvalue weighted by molar-refractivity contribution is -0.163. The summed E-state index contributed by atoms with van der Waals surface area (Å²) in [4.78, 5) is 43.3. The molecule has 10 nitrogen and oxygen atoms in total. The molecule has 0 aliphatic carbocycles. The van der Waals surface area contributed by atoms with Crippen LogP contribution in [0, 0.1) is 17.2 Å². The predicted molar refractivity (Wildman–Crippen MR) is 119 cm³/mol. The van der Waals surface area contributed by atoms with Crippen LogP contribution in [-0.4, -0.2) is 105 Å². The van der Waals surface area contributed by atoms with Crippen molar-refractivity contribution in [3.8, 4) is 0 Å². The standard InChI is InChI=1S/C21H31N5O5S/c1-11-16-15(12(2)27)20(29)26(16)17(21(30)31)18(11)32-13-8-14(23-9-13)19(28)25-5-3-4-24(10-22)6-7-25/h10-16,22-23,27H,3-9H2,1-2H3,(H,30,31)/t11-,12-,13+,14+,15-,16-/m1/s1. The molecular weight excluding hydrogens is 434 g/mol. The number of aliphatic carboxylic acids is 1. The van der Waals surface area contributed by atoms with Gasteiger partial charge in [-0.1, -0.05) is 6.92 Å². The number of rotatable bonds is 6. The van der Waals surface area contributed by atoms with Gasteiger partial charge < -0.3 is 30.2 Å². The average molecular weight is 466 g/mol. The summed E-state index contributed by atoms with van der Waals surface area (Å²) >= 11 is 1.45. The smallest absolute Gasteiger partial charge is 0.353 e. The van der Waals surface area contributed by atoms with Crippen LogP contribution < -0.4 is 5.32 Å². The van der Waals surface area contributed by atoms with E-state index >= 15 is 0 Å². The van der Waals surface area contributed by atoms with Crippen LogP contribution in [0.1, 0.15) is 26.7 Å². The lowest BCUT2D eigenvalue weighted by Crippen LogP contribution is -2.63. The summed E-state index contributed by atoms with van der Waals surface area (Å²) in [5, 5.41) is 30.5. The molecule has 176 valence electrons. The number of nitrogens with zero attached hydrogens (tertiary/aromatic N) is 3. The Kier molecular flexibility index (Phi) is 6.51. The van der Waals surface area contributed by atoms with Crippen molar-refractivity contribution in [3.63, 3.8) is 0 Å². The summed E-state index contributed by atoms with van der Waals surface area (Å²) in [5.41, 5.74) is 0.0310. The minimum absolute atomic E-state index is 0.0274. The molecule has 0 spiro atoms. The summed E-state index contributed by atoms with van der Waals surface area (Å²) in [7, 11) is 0. The number of carboxylic acids is 1. The molecule has 4 N–H and O–H groups in total. The maximum atomic E-state index is 13.0. The van der Waals surface area contributed by atoms with Crippen molar-refractivity contribution in [2.45, 2.75) is 50.1 Å².